The van der Waals surface area contributed by atoms with Crippen LogP contribution in [0.5, 0.6) is 0 Å². The van der Waals surface area contributed by atoms with Crippen LogP contribution in [0.2, 0.25) is 0 Å². The lowest BCUT2D eigenvalue weighted by atomic mass is 10.1. The Morgan fingerprint density at radius 1 is 1.00 bits per heavy atom. The number of benzene rings is 2. The average molecular weight is 398 g/mol. The van der Waals surface area contributed by atoms with E-state index in [4.69, 9.17) is 0 Å². The van der Waals surface area contributed by atoms with Gasteiger partial charge in [-0.05, 0) is 31.0 Å². The van der Waals surface area contributed by atoms with Gasteiger partial charge in [0.2, 0.25) is 0 Å². The van der Waals surface area contributed by atoms with Crippen molar-refractivity contribution < 1.29 is 14.6 Å². The van der Waals surface area contributed by atoms with Crippen LogP contribution < -0.4 is 5.32 Å². The summed E-state index contributed by atoms with van der Waals surface area (Å²) in [4.78, 5) is 37.1. The Morgan fingerprint density at radius 3 is 2.21 bits per heavy atom. The number of aryl methyl sites for hydroxylation is 2. The van der Waals surface area contributed by atoms with E-state index in [-0.39, 0.29) is 10.7 Å². The van der Waals surface area contributed by atoms with E-state index in [1.54, 1.807) is 5.38 Å². The topological polar surface area (TPSA) is 128 Å². The molecule has 1 amide bonds. The Kier molecular flexibility index (Phi) is 5.14. The third kappa shape index (κ3) is 4.01. The number of carbonyl (C=O) groups excluding carboxylic acids is 1. The Labute approximate surface area is 163 Å². The highest BCUT2D eigenvalue weighted by Crippen LogP contribution is 2.28. The van der Waals surface area contributed by atoms with E-state index in [0.717, 1.165) is 34.9 Å². The van der Waals surface area contributed by atoms with Crippen LogP contribution in [0, 0.1) is 34.1 Å². The fourth-order valence-electron chi connectivity index (χ4n) is 2.47. The Hall–Kier alpha value is -3.66. The maximum Gasteiger partial charge on any atom is 0.277 e. The zero-order chi connectivity index (χ0) is 20.4. The van der Waals surface area contributed by atoms with E-state index < -0.39 is 27.1 Å². The van der Waals surface area contributed by atoms with Crippen molar-refractivity contribution in [3.63, 3.8) is 0 Å². The Balaban J connectivity index is 1.86. The quantitative estimate of drug-likeness (QED) is 0.498. The minimum atomic E-state index is -0.787. The third-order valence-corrected chi connectivity index (χ3v) is 4.87. The summed E-state index contributed by atoms with van der Waals surface area (Å²) in [5.41, 5.74) is 2.58. The maximum atomic E-state index is 12.4. The van der Waals surface area contributed by atoms with Crippen LogP contribution in [0.1, 0.15) is 21.5 Å². The standard InChI is InChI=1S/C18H14N4O5S/c1-10-3-4-12(5-11(10)2)16-9-28-18(19-16)20-17(23)13-6-14(21(24)25)8-15(7-13)22(26)27/h3-9H,1-2H3,(H,19,20,23). The lowest BCUT2D eigenvalue weighted by Gasteiger charge is -2.03. The average Bonchev–Trinajstić information content (AvgIpc) is 3.11. The number of thiazole rings is 1. The fourth-order valence-corrected chi connectivity index (χ4v) is 3.19. The summed E-state index contributed by atoms with van der Waals surface area (Å²) in [5, 5.41) is 26.5. The van der Waals surface area contributed by atoms with Crippen LogP contribution in [0.15, 0.2) is 41.8 Å². The number of aromatic nitrogens is 1. The van der Waals surface area contributed by atoms with E-state index in [2.05, 4.69) is 10.3 Å². The van der Waals surface area contributed by atoms with Gasteiger partial charge in [-0.3, -0.25) is 30.3 Å². The summed E-state index contributed by atoms with van der Waals surface area (Å²) < 4.78 is 0. The number of non-ortho nitro benzene ring substituents is 2. The maximum absolute atomic E-state index is 12.4. The van der Waals surface area contributed by atoms with Crippen molar-refractivity contribution >= 4 is 33.8 Å². The van der Waals surface area contributed by atoms with E-state index in [1.165, 1.54) is 11.3 Å². The SMILES string of the molecule is Cc1ccc(-c2csc(NC(=O)c3cc([N+](=O)[O-])cc([N+](=O)[O-])c3)n2)cc1C. The van der Waals surface area contributed by atoms with Gasteiger partial charge in [0.15, 0.2) is 5.13 Å². The van der Waals surface area contributed by atoms with E-state index >= 15 is 0 Å². The van der Waals surface area contributed by atoms with Gasteiger partial charge in [0.05, 0.1) is 27.2 Å². The number of nitro groups is 2. The van der Waals surface area contributed by atoms with E-state index in [9.17, 15) is 25.0 Å². The molecule has 0 atom stereocenters. The first-order valence-electron chi connectivity index (χ1n) is 8.03. The highest BCUT2D eigenvalue weighted by atomic mass is 32.1. The first-order valence-corrected chi connectivity index (χ1v) is 8.91. The minimum absolute atomic E-state index is 0.191. The molecule has 28 heavy (non-hydrogen) atoms. The van der Waals surface area contributed by atoms with Gasteiger partial charge in [0, 0.05) is 23.1 Å². The zero-order valence-corrected chi connectivity index (χ0v) is 15.6. The lowest BCUT2D eigenvalue weighted by Crippen LogP contribution is -2.12. The Bertz CT molecular complexity index is 1080. The molecule has 3 aromatic rings. The smallest absolute Gasteiger partial charge is 0.277 e. The van der Waals surface area contributed by atoms with Crippen molar-refractivity contribution in [3.05, 3.63) is 78.7 Å². The Morgan fingerprint density at radius 2 is 1.64 bits per heavy atom. The third-order valence-electron chi connectivity index (χ3n) is 4.11. The van der Waals surface area contributed by atoms with Gasteiger partial charge in [-0.15, -0.1) is 11.3 Å². The molecule has 0 radical (unpaired) electrons. The van der Waals surface area contributed by atoms with Crippen LogP contribution in [0.25, 0.3) is 11.3 Å². The highest BCUT2D eigenvalue weighted by Gasteiger charge is 2.20. The number of amides is 1. The number of rotatable bonds is 5. The predicted octanol–water partition coefficient (Wildman–Crippen LogP) is 4.50. The molecular weight excluding hydrogens is 384 g/mol. The summed E-state index contributed by atoms with van der Waals surface area (Å²) in [5.74, 6) is -0.715. The molecule has 0 aliphatic rings. The summed E-state index contributed by atoms with van der Waals surface area (Å²) in [6.45, 7) is 3.99. The summed E-state index contributed by atoms with van der Waals surface area (Å²) in [7, 11) is 0. The van der Waals surface area contributed by atoms with Gasteiger partial charge >= 0.3 is 0 Å². The summed E-state index contributed by atoms with van der Waals surface area (Å²) in [6.07, 6.45) is 0. The minimum Gasteiger partial charge on any atom is -0.298 e. The molecule has 142 valence electrons. The molecular formula is C18H14N4O5S. The van der Waals surface area contributed by atoms with Crippen LogP contribution in [-0.4, -0.2) is 20.7 Å². The number of nitrogens with zero attached hydrogens (tertiary/aromatic N) is 3. The molecule has 0 spiro atoms. The van der Waals surface area contributed by atoms with Crippen molar-refractivity contribution in [1.82, 2.24) is 4.98 Å². The van der Waals surface area contributed by atoms with Crippen molar-refractivity contribution in [2.75, 3.05) is 5.32 Å². The fraction of sp³-hybridized carbons (Fsp3) is 0.111. The van der Waals surface area contributed by atoms with Crippen molar-refractivity contribution in [2.45, 2.75) is 13.8 Å². The number of nitrogens with one attached hydrogen (secondary N) is 1. The van der Waals surface area contributed by atoms with Gasteiger partial charge < -0.3 is 0 Å². The van der Waals surface area contributed by atoms with Gasteiger partial charge in [-0.1, -0.05) is 12.1 Å². The molecule has 0 saturated carbocycles. The van der Waals surface area contributed by atoms with Gasteiger partial charge in [-0.25, -0.2) is 4.98 Å². The number of hydrogen-bond donors (Lipinski definition) is 1. The molecule has 0 aliphatic carbocycles. The van der Waals surface area contributed by atoms with Crippen molar-refractivity contribution in [1.29, 1.82) is 0 Å². The van der Waals surface area contributed by atoms with Gasteiger partial charge in [0.25, 0.3) is 17.3 Å². The molecule has 0 fully saturated rings. The van der Waals surface area contributed by atoms with E-state index in [1.807, 2.05) is 32.0 Å². The van der Waals surface area contributed by atoms with Gasteiger partial charge in [0.1, 0.15) is 0 Å². The second-order valence-electron chi connectivity index (χ2n) is 6.04. The molecule has 0 saturated heterocycles. The highest BCUT2D eigenvalue weighted by molar-refractivity contribution is 7.14. The first kappa shape index (κ1) is 19.1. The summed E-state index contributed by atoms with van der Waals surface area (Å²) >= 11 is 1.19. The molecule has 10 heteroatoms. The van der Waals surface area contributed by atoms with Crippen LogP contribution in [-0.2, 0) is 0 Å². The second kappa shape index (κ2) is 7.53. The number of hydrogen-bond acceptors (Lipinski definition) is 7. The van der Waals surface area contributed by atoms with Crippen LogP contribution in [0.3, 0.4) is 0 Å². The predicted molar refractivity (Wildman–Crippen MR) is 105 cm³/mol. The molecule has 1 aromatic heterocycles. The molecule has 9 nitrogen and oxygen atoms in total. The number of anilines is 1. The first-order chi connectivity index (χ1) is 13.2. The number of carbonyl (C=O) groups is 1. The number of nitro benzene ring substituents is 2. The molecule has 0 bridgehead atoms. The van der Waals surface area contributed by atoms with Gasteiger partial charge in [-0.2, -0.15) is 0 Å². The summed E-state index contributed by atoms with van der Waals surface area (Å²) in [6, 6.07) is 8.66. The monoisotopic (exact) mass is 398 g/mol. The largest absolute Gasteiger partial charge is 0.298 e. The van der Waals surface area contributed by atoms with Crippen molar-refractivity contribution in [3.8, 4) is 11.3 Å². The molecule has 1 N–H and O–H groups in total. The molecule has 2 aromatic carbocycles. The van der Waals surface area contributed by atoms with Crippen LogP contribution >= 0.6 is 11.3 Å². The molecule has 0 aliphatic heterocycles. The van der Waals surface area contributed by atoms with Crippen molar-refractivity contribution in [2.24, 2.45) is 0 Å². The molecule has 3 rings (SSSR count). The molecule has 1 heterocycles. The van der Waals surface area contributed by atoms with Crippen LogP contribution in [0.4, 0.5) is 16.5 Å². The second-order valence-corrected chi connectivity index (χ2v) is 6.90. The zero-order valence-electron chi connectivity index (χ0n) is 14.8. The van der Waals surface area contributed by atoms with E-state index in [0.29, 0.717) is 5.69 Å². The molecule has 0 unspecified atom stereocenters. The lowest BCUT2D eigenvalue weighted by molar-refractivity contribution is -0.394. The normalized spacial score (nSPS) is 10.5.